The molecule has 0 aliphatic carbocycles. The van der Waals surface area contributed by atoms with Crippen LogP contribution in [0.3, 0.4) is 0 Å². The van der Waals surface area contributed by atoms with Crippen LogP contribution in [0.25, 0.3) is 10.9 Å². The Morgan fingerprint density at radius 3 is 2.28 bits per heavy atom. The average Bonchev–Trinajstić information content (AvgIpc) is 3.21. The first-order valence-electron chi connectivity index (χ1n) is 9.16. The van der Waals surface area contributed by atoms with Crippen molar-refractivity contribution in [3.05, 3.63) is 18.5 Å². The molecule has 0 radical (unpaired) electrons. The summed E-state index contributed by atoms with van der Waals surface area (Å²) in [6.45, 7) is 4.64. The minimum atomic E-state index is 0.701. The van der Waals surface area contributed by atoms with Crippen LogP contribution >= 0.6 is 0 Å². The zero-order valence-corrected chi connectivity index (χ0v) is 15.1. The van der Waals surface area contributed by atoms with E-state index in [1.165, 1.54) is 38.8 Å². The summed E-state index contributed by atoms with van der Waals surface area (Å²) in [5.74, 6) is 2.43. The van der Waals surface area contributed by atoms with Crippen molar-refractivity contribution in [3.63, 3.8) is 0 Å². The number of ether oxygens (including phenoxy) is 2. The van der Waals surface area contributed by atoms with Gasteiger partial charge in [0, 0.05) is 30.6 Å². The number of hydrogen-bond donors (Lipinski definition) is 0. The van der Waals surface area contributed by atoms with E-state index in [1.54, 1.807) is 20.5 Å². The maximum Gasteiger partial charge on any atom is 0.162 e. The monoisotopic (exact) mass is 342 g/mol. The molecule has 0 bridgehead atoms. The topological polar surface area (TPSA) is 50.7 Å². The molecule has 134 valence electrons. The Morgan fingerprint density at radius 2 is 1.60 bits per heavy atom. The molecular formula is C19H26N4O2. The lowest BCUT2D eigenvalue weighted by molar-refractivity contribution is 0.208. The minimum Gasteiger partial charge on any atom is -0.493 e. The van der Waals surface area contributed by atoms with Crippen LogP contribution in [-0.4, -0.2) is 61.3 Å². The molecule has 0 spiro atoms. The van der Waals surface area contributed by atoms with E-state index in [1.807, 2.05) is 12.1 Å². The molecule has 2 fully saturated rings. The second-order valence-corrected chi connectivity index (χ2v) is 6.88. The molecule has 6 heteroatoms. The highest BCUT2D eigenvalue weighted by molar-refractivity contribution is 5.92. The number of benzene rings is 1. The zero-order chi connectivity index (χ0) is 17.2. The number of likely N-dealkylation sites (tertiary alicyclic amines) is 1. The number of rotatable bonds is 4. The van der Waals surface area contributed by atoms with Crippen molar-refractivity contribution >= 4 is 16.7 Å². The van der Waals surface area contributed by atoms with Crippen LogP contribution in [0.4, 0.5) is 5.82 Å². The summed E-state index contributed by atoms with van der Waals surface area (Å²) in [7, 11) is 3.31. The summed E-state index contributed by atoms with van der Waals surface area (Å²) in [5.41, 5.74) is 0.893. The molecule has 2 aromatic rings. The van der Waals surface area contributed by atoms with E-state index in [0.717, 1.165) is 41.6 Å². The summed E-state index contributed by atoms with van der Waals surface area (Å²) in [5, 5.41) is 1.03. The van der Waals surface area contributed by atoms with Crippen molar-refractivity contribution in [1.29, 1.82) is 0 Å². The van der Waals surface area contributed by atoms with Gasteiger partial charge in [0.15, 0.2) is 11.5 Å². The van der Waals surface area contributed by atoms with Gasteiger partial charge in [-0.1, -0.05) is 0 Å². The SMILES string of the molecule is COc1cc2ncnc(N3CCC(N4CCCC4)CC3)c2cc1OC. The van der Waals surface area contributed by atoms with Gasteiger partial charge in [-0.25, -0.2) is 9.97 Å². The van der Waals surface area contributed by atoms with Gasteiger partial charge in [-0.3, -0.25) is 0 Å². The molecule has 2 saturated heterocycles. The van der Waals surface area contributed by atoms with Gasteiger partial charge >= 0.3 is 0 Å². The van der Waals surface area contributed by atoms with Gasteiger partial charge in [0.05, 0.1) is 19.7 Å². The second kappa shape index (κ2) is 7.04. The normalized spacial score (nSPS) is 19.5. The lowest BCUT2D eigenvalue weighted by Gasteiger charge is -2.37. The number of anilines is 1. The summed E-state index contributed by atoms with van der Waals surface area (Å²) in [4.78, 5) is 14.1. The average molecular weight is 342 g/mol. The van der Waals surface area contributed by atoms with Gasteiger partial charge in [0.25, 0.3) is 0 Å². The highest BCUT2D eigenvalue weighted by Gasteiger charge is 2.27. The van der Waals surface area contributed by atoms with Crippen molar-refractivity contribution in [2.24, 2.45) is 0 Å². The number of hydrogen-bond acceptors (Lipinski definition) is 6. The molecule has 25 heavy (non-hydrogen) atoms. The molecule has 0 amide bonds. The van der Waals surface area contributed by atoms with Crippen molar-refractivity contribution in [2.45, 2.75) is 31.7 Å². The molecule has 0 saturated carbocycles. The standard InChI is InChI=1S/C19H26N4O2/c1-24-17-11-15-16(12-18(17)25-2)20-13-21-19(15)23-9-5-14(6-10-23)22-7-3-4-8-22/h11-14H,3-10H2,1-2H3. The van der Waals surface area contributed by atoms with E-state index in [2.05, 4.69) is 19.8 Å². The van der Waals surface area contributed by atoms with E-state index >= 15 is 0 Å². The fourth-order valence-corrected chi connectivity index (χ4v) is 4.17. The van der Waals surface area contributed by atoms with E-state index in [0.29, 0.717) is 5.75 Å². The zero-order valence-electron chi connectivity index (χ0n) is 15.1. The van der Waals surface area contributed by atoms with Crippen LogP contribution in [0, 0.1) is 0 Å². The predicted molar refractivity (Wildman–Crippen MR) is 98.7 cm³/mol. The summed E-state index contributed by atoms with van der Waals surface area (Å²) in [6, 6.07) is 4.66. The Morgan fingerprint density at radius 1 is 0.920 bits per heavy atom. The summed E-state index contributed by atoms with van der Waals surface area (Å²) >= 11 is 0. The molecule has 0 N–H and O–H groups in total. The lowest BCUT2D eigenvalue weighted by atomic mass is 10.0. The highest BCUT2D eigenvalue weighted by Crippen LogP contribution is 2.35. The van der Waals surface area contributed by atoms with E-state index < -0.39 is 0 Å². The minimum absolute atomic E-state index is 0.701. The Labute approximate surface area is 148 Å². The van der Waals surface area contributed by atoms with Crippen molar-refractivity contribution in [2.75, 3.05) is 45.3 Å². The van der Waals surface area contributed by atoms with Crippen molar-refractivity contribution in [3.8, 4) is 11.5 Å². The molecule has 1 aromatic carbocycles. The number of aromatic nitrogens is 2. The van der Waals surface area contributed by atoms with Crippen molar-refractivity contribution in [1.82, 2.24) is 14.9 Å². The first kappa shape index (κ1) is 16.4. The molecule has 0 unspecified atom stereocenters. The van der Waals surface area contributed by atoms with Crippen LogP contribution in [0.5, 0.6) is 11.5 Å². The first-order chi connectivity index (χ1) is 12.3. The fraction of sp³-hybridized carbons (Fsp3) is 0.579. The number of fused-ring (bicyclic) bond motifs is 1. The van der Waals surface area contributed by atoms with E-state index in [9.17, 15) is 0 Å². The predicted octanol–water partition coefficient (Wildman–Crippen LogP) is 2.71. The van der Waals surface area contributed by atoms with Crippen LogP contribution in [0.2, 0.25) is 0 Å². The lowest BCUT2D eigenvalue weighted by Crippen LogP contribution is -2.44. The Hall–Kier alpha value is -2.08. The largest absolute Gasteiger partial charge is 0.493 e. The molecule has 2 aliphatic rings. The van der Waals surface area contributed by atoms with Crippen LogP contribution < -0.4 is 14.4 Å². The molecule has 1 aromatic heterocycles. The molecule has 0 atom stereocenters. The molecule has 3 heterocycles. The highest BCUT2D eigenvalue weighted by atomic mass is 16.5. The van der Waals surface area contributed by atoms with Crippen LogP contribution in [0.15, 0.2) is 18.5 Å². The van der Waals surface area contributed by atoms with Gasteiger partial charge in [0.2, 0.25) is 0 Å². The number of methoxy groups -OCH3 is 2. The smallest absolute Gasteiger partial charge is 0.162 e. The third-order valence-corrected chi connectivity index (χ3v) is 5.54. The second-order valence-electron chi connectivity index (χ2n) is 6.88. The Kier molecular flexibility index (Phi) is 4.61. The van der Waals surface area contributed by atoms with Gasteiger partial charge in [-0.05, 0) is 44.8 Å². The van der Waals surface area contributed by atoms with Gasteiger partial charge in [-0.15, -0.1) is 0 Å². The van der Waals surface area contributed by atoms with E-state index in [4.69, 9.17) is 9.47 Å². The third kappa shape index (κ3) is 3.11. The third-order valence-electron chi connectivity index (χ3n) is 5.54. The molecular weight excluding hydrogens is 316 g/mol. The Bertz CT molecular complexity index is 738. The van der Waals surface area contributed by atoms with Crippen LogP contribution in [0.1, 0.15) is 25.7 Å². The number of nitrogens with zero attached hydrogens (tertiary/aromatic N) is 4. The maximum absolute atomic E-state index is 5.47. The Balaban J connectivity index is 1.59. The number of piperidine rings is 1. The maximum atomic E-state index is 5.47. The molecule has 6 nitrogen and oxygen atoms in total. The van der Waals surface area contributed by atoms with E-state index in [-0.39, 0.29) is 0 Å². The van der Waals surface area contributed by atoms with Crippen molar-refractivity contribution < 1.29 is 9.47 Å². The summed E-state index contributed by atoms with van der Waals surface area (Å²) < 4.78 is 10.9. The van der Waals surface area contributed by atoms with Gasteiger partial charge in [0.1, 0.15) is 12.1 Å². The van der Waals surface area contributed by atoms with Gasteiger partial charge < -0.3 is 19.3 Å². The molecule has 4 rings (SSSR count). The fourth-order valence-electron chi connectivity index (χ4n) is 4.17. The molecule has 2 aliphatic heterocycles. The van der Waals surface area contributed by atoms with Gasteiger partial charge in [-0.2, -0.15) is 0 Å². The quantitative estimate of drug-likeness (QED) is 0.851. The summed E-state index contributed by atoms with van der Waals surface area (Å²) in [6.07, 6.45) is 6.78. The van der Waals surface area contributed by atoms with Crippen LogP contribution in [-0.2, 0) is 0 Å². The first-order valence-corrected chi connectivity index (χ1v) is 9.16.